The molecule has 8 aromatic heterocycles. The van der Waals surface area contributed by atoms with Gasteiger partial charge in [0, 0.05) is 233 Å². The van der Waals surface area contributed by atoms with Gasteiger partial charge in [-0.2, -0.15) is 33.9 Å². The number of benzene rings is 8. The first-order valence-corrected chi connectivity index (χ1v) is 47.5. The number of carbonyl (C=O) groups excluding carboxylic acids is 1. The fourth-order valence-corrected chi connectivity index (χ4v) is 17.8. The van der Waals surface area contributed by atoms with E-state index in [1.165, 1.54) is 32.1 Å². The van der Waals surface area contributed by atoms with E-state index in [0.29, 0.717) is 103 Å². The van der Waals surface area contributed by atoms with E-state index in [9.17, 15) is 34.4 Å². The van der Waals surface area contributed by atoms with Crippen molar-refractivity contribution in [3.8, 4) is 79.5 Å². The Morgan fingerprint density at radius 1 is 0.396 bits per heavy atom. The van der Waals surface area contributed by atoms with Gasteiger partial charge in [-0.05, 0) is 162 Å². The summed E-state index contributed by atoms with van der Waals surface area (Å²) < 4.78 is 53.9. The molecule has 8 aromatic carbocycles. The SMILES string of the molecule is CNC(=O)c1cc(OC)cc(N(CCCN2CCCC2)c2ccc3ncc(-c4cnn(CCO)c4)nc3c2)c1.COc1cc(F)cc(N(CCCO)c2ccc3ncc(-c4cnn(CCO)c4)nc3c2)c1.COc1cc(OC)cc(N(CCN2CCC(O)C2)c2ccc3ncc(-c4cnn(C)c4)nc3c2)c1.COc1cc(OC)cc(N(CCN2CCC[C@@H]2C(=O)O)c2ccc3ncc(-c4cnn(C)c4)nc3c2)c1.S. The second kappa shape index (κ2) is 49.1. The number of hydrogen-bond acceptors (Lipinski definition) is 31. The van der Waals surface area contributed by atoms with Crippen molar-refractivity contribution in [2.75, 3.05) is 168 Å². The Morgan fingerprint density at radius 2 is 0.785 bits per heavy atom. The summed E-state index contributed by atoms with van der Waals surface area (Å²) in [5.74, 6) is 2.48. The maximum atomic E-state index is 14.2. The monoisotopic (exact) mass is 1980 g/mol. The van der Waals surface area contributed by atoms with Crippen LogP contribution in [0.25, 0.3) is 89.2 Å². The van der Waals surface area contributed by atoms with Crippen molar-refractivity contribution in [3.05, 3.63) is 231 Å². The van der Waals surface area contributed by atoms with E-state index in [0.717, 1.165) is 195 Å². The van der Waals surface area contributed by atoms with Gasteiger partial charge in [0.05, 0.1) is 192 Å². The molecular formula is C105H121FN24O13S. The topological polar surface area (TPSA) is 400 Å². The number of aliphatic carboxylic acids is 1. The van der Waals surface area contributed by atoms with Gasteiger partial charge in [-0.1, -0.05) is 0 Å². The first kappa shape index (κ1) is 103. The van der Waals surface area contributed by atoms with Crippen LogP contribution in [0.2, 0.25) is 0 Å². The first-order chi connectivity index (χ1) is 69.6. The van der Waals surface area contributed by atoms with Gasteiger partial charge in [0.25, 0.3) is 5.91 Å². The number of anilines is 8. The van der Waals surface area contributed by atoms with Gasteiger partial charge in [0.2, 0.25) is 0 Å². The van der Waals surface area contributed by atoms with Crippen molar-refractivity contribution in [2.45, 2.75) is 70.2 Å². The molecule has 144 heavy (non-hydrogen) atoms. The molecule has 2 atom stereocenters. The molecule has 3 fully saturated rings. The molecule has 752 valence electrons. The third-order valence-corrected chi connectivity index (χ3v) is 25.2. The number of amides is 1. The molecule has 19 rings (SSSR count). The number of halogens is 1. The minimum Gasteiger partial charge on any atom is -0.497 e. The highest BCUT2D eigenvalue weighted by Crippen LogP contribution is 2.40. The highest BCUT2D eigenvalue weighted by molar-refractivity contribution is 7.59. The molecule has 3 aliphatic heterocycles. The summed E-state index contributed by atoms with van der Waals surface area (Å²) >= 11 is 0. The van der Waals surface area contributed by atoms with Crippen LogP contribution in [-0.2, 0) is 32.0 Å². The van der Waals surface area contributed by atoms with Crippen LogP contribution in [0.15, 0.2) is 220 Å². The number of likely N-dealkylation sites (tertiary alicyclic amines) is 3. The van der Waals surface area contributed by atoms with E-state index >= 15 is 0 Å². The molecule has 0 spiro atoms. The first-order valence-electron chi connectivity index (χ1n) is 47.5. The predicted octanol–water partition coefficient (Wildman–Crippen LogP) is 13.7. The van der Waals surface area contributed by atoms with Crippen molar-refractivity contribution in [1.29, 1.82) is 0 Å². The molecule has 16 aromatic rings. The zero-order valence-electron chi connectivity index (χ0n) is 82.1. The highest BCUT2D eigenvalue weighted by atomic mass is 32.1. The third kappa shape index (κ3) is 25.9. The summed E-state index contributed by atoms with van der Waals surface area (Å²) in [6, 6.07) is 45.0. The van der Waals surface area contributed by atoms with E-state index in [-0.39, 0.29) is 45.3 Å². The number of nitrogens with zero attached hydrogens (tertiary/aromatic N) is 23. The van der Waals surface area contributed by atoms with Crippen LogP contribution in [0.4, 0.5) is 49.9 Å². The summed E-state index contributed by atoms with van der Waals surface area (Å²) in [5.41, 5.74) is 20.0. The molecule has 37 nitrogen and oxygen atoms in total. The Morgan fingerprint density at radius 3 is 1.17 bits per heavy atom. The lowest BCUT2D eigenvalue weighted by molar-refractivity contribution is -0.142. The average molecular weight is 1980 g/mol. The molecule has 0 radical (unpaired) electrons. The second-order valence-corrected chi connectivity index (χ2v) is 34.8. The van der Waals surface area contributed by atoms with Crippen LogP contribution in [-0.4, -0.2) is 291 Å². The van der Waals surface area contributed by atoms with E-state index in [1.807, 2.05) is 158 Å². The van der Waals surface area contributed by atoms with E-state index < -0.39 is 17.8 Å². The standard InChI is InChI=1S/C29H35N7O3.C27H30N6O4.C26H30N6O3.C23H24FN5O3.H2S/c1-30-29(38)21-14-24(16-25(15-21)39-2)36(11-5-10-34-8-3-4-9-34)23-6-7-26-27(17-23)33-28(19-31-26)22-18-32-35(20-22)12-13-37;1-31-17-18(15-29-31)25-16-28-23-7-6-19(13-24(23)30-25)33(10-9-32-8-4-5-26(32)27(34)35)20-11-21(36-2)14-22(12-20)37-3;1-30-16-18(14-28-30)26-15-27-24-5-4-19(12-25(24)29-26)32(9-8-31-7-6-21(33)17-31)20-10-22(34-2)13-23(11-20)35-3;1-32-20-10-17(24)9-19(11-20)29(5-2-7-30)18-3-4-21-22(12-18)27-23(14-25-21)16-13-26-28(15-16)6-8-31;/h6-7,14-20,37H,3-5,8-13H2,1-2H3,(H,30,38);6-7,11-17,26H,4-5,8-10H2,1-3H3,(H,34,35);4-5,10-16,21,33H,6-9,17H2,1-3H3;3-4,9-15,30-31H,2,5-8H2,1H3;1H2/t;26-;;;/m.1.../s1. The summed E-state index contributed by atoms with van der Waals surface area (Å²) in [6.07, 6.45) is 27.6. The number of ether oxygens (including phenoxy) is 6. The Labute approximate surface area is 840 Å². The van der Waals surface area contributed by atoms with Gasteiger partial charge in [0.1, 0.15) is 46.4 Å². The van der Waals surface area contributed by atoms with Crippen molar-refractivity contribution < 1.29 is 67.9 Å². The molecule has 3 aliphatic rings. The molecule has 1 unspecified atom stereocenters. The van der Waals surface area contributed by atoms with Crippen LogP contribution in [0.5, 0.6) is 34.5 Å². The summed E-state index contributed by atoms with van der Waals surface area (Å²) in [5, 5.41) is 67.0. The van der Waals surface area contributed by atoms with Gasteiger partial charge >= 0.3 is 5.97 Å². The van der Waals surface area contributed by atoms with Gasteiger partial charge in [-0.3, -0.25) is 58.1 Å². The van der Waals surface area contributed by atoms with Gasteiger partial charge in [-0.15, -0.1) is 0 Å². The second-order valence-electron chi connectivity index (χ2n) is 34.8. The summed E-state index contributed by atoms with van der Waals surface area (Å²) in [4.78, 5) is 77.3. The van der Waals surface area contributed by atoms with Crippen LogP contribution >= 0.6 is 13.5 Å². The number of hydrogen-bond donors (Lipinski definition) is 6. The van der Waals surface area contributed by atoms with Crippen LogP contribution < -0.4 is 53.3 Å². The lowest BCUT2D eigenvalue weighted by Gasteiger charge is -2.29. The number of carboxylic acid groups (broad SMARTS) is 1. The number of methoxy groups -OCH3 is 6. The number of carboxylic acids is 1. The fourth-order valence-electron chi connectivity index (χ4n) is 17.8. The van der Waals surface area contributed by atoms with Gasteiger partial charge < -0.3 is 83.8 Å². The molecule has 3 saturated heterocycles. The number of β-amino-alcohol motifs (C(OH)–C–C–N with tert-alkyl or cyclic N) is 1. The number of carbonyl (C=O) groups is 2. The summed E-state index contributed by atoms with van der Waals surface area (Å²) in [7, 11) is 15.0. The molecule has 0 bridgehead atoms. The van der Waals surface area contributed by atoms with Crippen LogP contribution in [0.1, 0.15) is 55.3 Å². The van der Waals surface area contributed by atoms with Crippen LogP contribution in [0.3, 0.4) is 0 Å². The number of aryl methyl sites for hydroxylation is 2. The number of aliphatic hydroxyl groups excluding tert-OH is 4. The zero-order valence-corrected chi connectivity index (χ0v) is 83.1. The van der Waals surface area contributed by atoms with Crippen LogP contribution in [0, 0.1) is 5.82 Å². The van der Waals surface area contributed by atoms with Crippen molar-refractivity contribution in [3.63, 3.8) is 0 Å². The quantitative estimate of drug-likeness (QED) is 0.0211. The Bertz CT molecular complexity index is 7000. The molecule has 0 saturated carbocycles. The number of fused-ring (bicyclic) bond motifs is 4. The Hall–Kier alpha value is -15.1. The third-order valence-electron chi connectivity index (χ3n) is 25.2. The van der Waals surface area contributed by atoms with E-state index in [4.69, 9.17) is 53.5 Å². The fraction of sp³-hybridized carbons (Fsp3) is 0.333. The van der Waals surface area contributed by atoms with Crippen molar-refractivity contribution in [1.82, 2.24) is 99.0 Å². The average Bonchev–Trinajstić information content (AvgIpc) is 1.62. The van der Waals surface area contributed by atoms with E-state index in [2.05, 4.69) is 82.3 Å². The van der Waals surface area contributed by atoms with Crippen molar-refractivity contribution in [2.24, 2.45) is 14.1 Å². The smallest absolute Gasteiger partial charge is 0.320 e. The molecule has 39 heteroatoms. The highest BCUT2D eigenvalue weighted by Gasteiger charge is 2.32. The molecule has 6 N–H and O–H groups in total. The Balaban J connectivity index is 0.000000144. The maximum Gasteiger partial charge on any atom is 0.320 e. The minimum atomic E-state index is -0.768. The lowest BCUT2D eigenvalue weighted by Crippen LogP contribution is -2.40. The number of nitrogens with one attached hydrogen (secondary N) is 1. The number of rotatable bonds is 37. The molecular weight excluding hydrogens is 1860 g/mol. The molecule has 0 aliphatic carbocycles. The predicted molar refractivity (Wildman–Crippen MR) is 557 cm³/mol. The van der Waals surface area contributed by atoms with Crippen molar-refractivity contribution >= 4 is 115 Å². The minimum absolute atomic E-state index is 0. The van der Waals surface area contributed by atoms with Gasteiger partial charge in [-0.25, -0.2) is 24.3 Å². The molecule has 11 heterocycles. The molecule has 1 amide bonds. The lowest BCUT2D eigenvalue weighted by atomic mass is 10.1. The van der Waals surface area contributed by atoms with E-state index in [1.54, 1.807) is 123 Å². The number of aromatic nitrogens is 16. The Kier molecular flexibility index (Phi) is 35.2. The van der Waals surface area contributed by atoms with Gasteiger partial charge in [0.15, 0.2) is 0 Å². The zero-order chi connectivity index (χ0) is 100.0. The maximum absolute atomic E-state index is 14.2. The summed E-state index contributed by atoms with van der Waals surface area (Å²) in [6.45, 7) is 10.5. The normalized spacial score (nSPS) is 14.1. The largest absolute Gasteiger partial charge is 0.497 e. The number of aliphatic hydroxyl groups is 4.